The number of likely N-dealkylation sites (tertiary alicyclic amines) is 1. The summed E-state index contributed by atoms with van der Waals surface area (Å²) >= 11 is 0. The summed E-state index contributed by atoms with van der Waals surface area (Å²) < 4.78 is 39.5. The van der Waals surface area contributed by atoms with Crippen LogP contribution in [0.15, 0.2) is 65.6 Å². The van der Waals surface area contributed by atoms with Crippen LogP contribution in [0.25, 0.3) is 11.1 Å². The van der Waals surface area contributed by atoms with Gasteiger partial charge in [-0.15, -0.1) is 0 Å². The van der Waals surface area contributed by atoms with Crippen molar-refractivity contribution >= 4 is 0 Å². The molecule has 2 saturated heterocycles. The Morgan fingerprint density at radius 3 is 2.19 bits per heavy atom. The summed E-state index contributed by atoms with van der Waals surface area (Å²) in [5.41, 5.74) is 1.98. The number of aromatic amines is 1. The molecule has 5 rings (SSSR count). The summed E-state index contributed by atoms with van der Waals surface area (Å²) in [6.07, 6.45) is -0.695. The number of aromatic nitrogens is 1. The number of hydrogen-bond donors (Lipinski definition) is 2. The van der Waals surface area contributed by atoms with E-state index in [1.165, 1.54) is 30.5 Å². The minimum Gasteiger partial charge on any atom is -0.376 e. The molecule has 8 heteroatoms. The van der Waals surface area contributed by atoms with Crippen LogP contribution in [0.1, 0.15) is 42.0 Å². The van der Waals surface area contributed by atoms with E-state index in [9.17, 15) is 23.1 Å². The second-order valence-electron chi connectivity index (χ2n) is 10.6. The first-order valence-electron chi connectivity index (χ1n) is 12.7. The average Bonchev–Trinajstić information content (AvgIpc) is 3.06. The van der Waals surface area contributed by atoms with E-state index >= 15 is 0 Å². The molecule has 196 valence electrons. The van der Waals surface area contributed by atoms with E-state index in [1.54, 1.807) is 24.4 Å². The Bertz CT molecular complexity index is 1300. The first-order valence-corrected chi connectivity index (χ1v) is 12.7. The number of nitrogens with one attached hydrogen (secondary N) is 1. The smallest absolute Gasteiger partial charge is 0.376 e. The molecular weight excluding hydrogens is 479 g/mol. The van der Waals surface area contributed by atoms with Crippen molar-refractivity contribution in [1.82, 2.24) is 14.8 Å². The summed E-state index contributed by atoms with van der Waals surface area (Å²) in [4.78, 5) is 19.4. The summed E-state index contributed by atoms with van der Waals surface area (Å²) in [5.74, 6) is 0. The number of halogens is 3. The van der Waals surface area contributed by atoms with E-state index in [2.05, 4.69) is 26.9 Å². The van der Waals surface area contributed by atoms with Gasteiger partial charge in [-0.1, -0.05) is 42.5 Å². The molecule has 0 spiro atoms. The third-order valence-electron chi connectivity index (χ3n) is 7.92. The topological polar surface area (TPSA) is 59.6 Å². The lowest BCUT2D eigenvalue weighted by molar-refractivity contribution is -0.258. The molecule has 0 amide bonds. The van der Waals surface area contributed by atoms with Gasteiger partial charge >= 0.3 is 6.18 Å². The Morgan fingerprint density at radius 1 is 0.946 bits per heavy atom. The fourth-order valence-electron chi connectivity index (χ4n) is 5.81. The maximum absolute atomic E-state index is 13.2. The van der Waals surface area contributed by atoms with Crippen LogP contribution in [0.5, 0.6) is 0 Å². The second kappa shape index (κ2) is 9.74. The Morgan fingerprint density at radius 2 is 1.59 bits per heavy atom. The van der Waals surface area contributed by atoms with Crippen LogP contribution >= 0.6 is 0 Å². The third kappa shape index (κ3) is 5.23. The molecule has 0 aliphatic carbocycles. The fourth-order valence-corrected chi connectivity index (χ4v) is 5.81. The van der Waals surface area contributed by atoms with Crippen LogP contribution in [0, 0.1) is 6.92 Å². The highest BCUT2D eigenvalue weighted by atomic mass is 19.4. The van der Waals surface area contributed by atoms with Crippen molar-refractivity contribution in [2.24, 2.45) is 0 Å². The fraction of sp³-hybridized carbons (Fsp3) is 0.414. The number of alkyl halides is 3. The van der Waals surface area contributed by atoms with Gasteiger partial charge < -0.3 is 10.1 Å². The molecule has 2 N–H and O–H groups in total. The monoisotopic (exact) mass is 511 g/mol. The lowest BCUT2D eigenvalue weighted by atomic mass is 9.92. The van der Waals surface area contributed by atoms with E-state index in [-0.39, 0.29) is 11.1 Å². The predicted octanol–water partition coefficient (Wildman–Crippen LogP) is 4.97. The predicted molar refractivity (Wildman–Crippen MR) is 137 cm³/mol. The molecule has 2 aromatic carbocycles. The summed E-state index contributed by atoms with van der Waals surface area (Å²) in [6, 6.07) is 16.8. The summed E-state index contributed by atoms with van der Waals surface area (Å²) in [7, 11) is 0. The van der Waals surface area contributed by atoms with Crippen molar-refractivity contribution in [3.8, 4) is 11.1 Å². The van der Waals surface area contributed by atoms with Gasteiger partial charge in [-0.25, -0.2) is 0 Å². The molecule has 2 aliphatic heterocycles. The quantitative estimate of drug-likeness (QED) is 0.491. The number of aliphatic hydroxyl groups is 1. The minimum atomic E-state index is -4.74. The van der Waals surface area contributed by atoms with Gasteiger partial charge in [0.1, 0.15) is 0 Å². The van der Waals surface area contributed by atoms with E-state index in [0.29, 0.717) is 12.1 Å². The SMILES string of the molecule is Cc1cc(CN2CC3CCC(C2)N3Cc2cc[nH]c(=O)c2)ccc1-c1ccc(C(C)(O)C(F)(F)F)cc1. The van der Waals surface area contributed by atoms with Crippen molar-refractivity contribution < 1.29 is 18.3 Å². The first kappa shape index (κ1) is 25.7. The zero-order valence-electron chi connectivity index (χ0n) is 21.1. The Labute approximate surface area is 214 Å². The standard InChI is InChI=1S/C29H32F3N3O2/c1-19-13-20(3-10-26(19)22-4-6-23(7-5-22)28(2,37)29(30,31)32)15-34-17-24-8-9-25(18-34)35(24)16-21-11-12-33-27(36)14-21/h3-7,10-14,24-25,37H,8-9,15-18H2,1-2H3,(H,33,36). The van der Waals surface area contributed by atoms with E-state index in [1.807, 2.05) is 19.1 Å². The van der Waals surface area contributed by atoms with Gasteiger partial charge in [0, 0.05) is 50.5 Å². The van der Waals surface area contributed by atoms with Crippen LogP contribution < -0.4 is 5.56 Å². The molecule has 2 aliphatic rings. The molecule has 2 bridgehead atoms. The van der Waals surface area contributed by atoms with E-state index < -0.39 is 11.8 Å². The number of benzene rings is 2. The number of rotatable bonds is 6. The van der Waals surface area contributed by atoms with Crippen molar-refractivity contribution in [3.05, 3.63) is 93.4 Å². The van der Waals surface area contributed by atoms with Crippen LogP contribution in [0.4, 0.5) is 13.2 Å². The van der Waals surface area contributed by atoms with E-state index in [4.69, 9.17) is 0 Å². The van der Waals surface area contributed by atoms with Crippen LogP contribution in [-0.2, 0) is 18.7 Å². The van der Waals surface area contributed by atoms with Crippen LogP contribution in [-0.4, -0.2) is 51.2 Å². The number of piperazine rings is 1. The molecule has 3 unspecified atom stereocenters. The maximum atomic E-state index is 13.2. The number of fused-ring (bicyclic) bond motifs is 2. The van der Waals surface area contributed by atoms with Crippen LogP contribution in [0.2, 0.25) is 0 Å². The van der Waals surface area contributed by atoms with Gasteiger partial charge in [-0.05, 0) is 66.1 Å². The number of pyridine rings is 1. The van der Waals surface area contributed by atoms with Gasteiger partial charge in [0.05, 0.1) is 0 Å². The third-order valence-corrected chi connectivity index (χ3v) is 7.92. The molecule has 3 aromatic rings. The normalized spacial score (nSPS) is 22.2. The number of aryl methyl sites for hydroxylation is 1. The summed E-state index contributed by atoms with van der Waals surface area (Å²) in [5, 5.41) is 9.93. The molecule has 0 saturated carbocycles. The highest BCUT2D eigenvalue weighted by molar-refractivity contribution is 5.68. The first-order chi connectivity index (χ1) is 17.5. The van der Waals surface area contributed by atoms with Gasteiger partial charge in [0.25, 0.3) is 0 Å². The molecule has 1 aromatic heterocycles. The van der Waals surface area contributed by atoms with Crippen molar-refractivity contribution in [2.75, 3.05) is 13.1 Å². The van der Waals surface area contributed by atoms with Gasteiger partial charge in [-0.3, -0.25) is 14.6 Å². The Hall–Kier alpha value is -2.94. The van der Waals surface area contributed by atoms with Crippen molar-refractivity contribution in [2.45, 2.75) is 63.6 Å². The molecule has 3 atom stereocenters. The van der Waals surface area contributed by atoms with Crippen molar-refractivity contribution in [1.29, 1.82) is 0 Å². The highest BCUT2D eigenvalue weighted by Gasteiger charge is 2.51. The van der Waals surface area contributed by atoms with Crippen molar-refractivity contribution in [3.63, 3.8) is 0 Å². The van der Waals surface area contributed by atoms with Crippen LogP contribution in [0.3, 0.4) is 0 Å². The van der Waals surface area contributed by atoms with Gasteiger partial charge in [-0.2, -0.15) is 13.2 Å². The minimum absolute atomic E-state index is 0.0635. The molecule has 37 heavy (non-hydrogen) atoms. The number of H-pyrrole nitrogens is 1. The molecule has 0 radical (unpaired) electrons. The highest BCUT2D eigenvalue weighted by Crippen LogP contribution is 2.39. The lowest BCUT2D eigenvalue weighted by Gasteiger charge is -2.41. The molecule has 3 heterocycles. The lowest BCUT2D eigenvalue weighted by Crippen LogP contribution is -2.52. The number of nitrogens with zero attached hydrogens (tertiary/aromatic N) is 2. The average molecular weight is 512 g/mol. The summed E-state index contributed by atoms with van der Waals surface area (Å²) in [6.45, 7) is 6.42. The number of hydrogen-bond acceptors (Lipinski definition) is 4. The molecular formula is C29H32F3N3O2. The van der Waals surface area contributed by atoms with Gasteiger partial charge in [0.15, 0.2) is 5.60 Å². The largest absolute Gasteiger partial charge is 0.421 e. The maximum Gasteiger partial charge on any atom is 0.421 e. The zero-order valence-corrected chi connectivity index (χ0v) is 21.1. The zero-order chi connectivity index (χ0) is 26.4. The Balaban J connectivity index is 1.24. The molecule has 5 nitrogen and oxygen atoms in total. The molecule has 2 fully saturated rings. The second-order valence-corrected chi connectivity index (χ2v) is 10.6. The Kier molecular flexibility index (Phi) is 6.77. The van der Waals surface area contributed by atoms with E-state index in [0.717, 1.165) is 55.4 Å². The van der Waals surface area contributed by atoms with Gasteiger partial charge in [0.2, 0.25) is 5.56 Å².